The summed E-state index contributed by atoms with van der Waals surface area (Å²) < 4.78 is 0. The van der Waals surface area contributed by atoms with Crippen LogP contribution in [0, 0.1) is 0 Å². The molecule has 0 saturated carbocycles. The second-order valence-corrected chi connectivity index (χ2v) is 5.49. The maximum Gasteiger partial charge on any atom is -0.00944 e. The van der Waals surface area contributed by atoms with Gasteiger partial charge in [0.05, 0.1) is 0 Å². The molecule has 1 unspecified atom stereocenters. The molecule has 1 heterocycles. The zero-order valence-electron chi connectivity index (χ0n) is 7.33. The molecule has 1 aliphatic heterocycles. The Labute approximate surface area is 76.7 Å². The zero-order chi connectivity index (χ0) is 8.39. The monoisotopic (exact) mass is 178 g/mol. The molecule has 1 heteroatoms. The molecule has 0 aliphatic carbocycles. The van der Waals surface area contributed by atoms with Crippen LogP contribution in [0.25, 0.3) is 4.91 Å². The van der Waals surface area contributed by atoms with E-state index >= 15 is 0 Å². The molecular weight excluding hydrogens is 164 g/mol. The Kier molecular flexibility index (Phi) is 2.22. The zero-order valence-corrected chi connectivity index (χ0v) is 8.22. The Hall–Kier alpha value is -0.690. The summed E-state index contributed by atoms with van der Waals surface area (Å²) in [5.74, 6) is 1.39. The van der Waals surface area contributed by atoms with Gasteiger partial charge in [-0.3, -0.25) is 0 Å². The predicted molar refractivity (Wildman–Crippen MR) is 58.8 cm³/mol. The van der Waals surface area contributed by atoms with Crippen molar-refractivity contribution in [2.45, 2.75) is 6.42 Å². The van der Waals surface area contributed by atoms with Crippen LogP contribution in [0.4, 0.5) is 0 Å². The second-order valence-electron chi connectivity index (χ2n) is 3.17. The van der Waals surface area contributed by atoms with Crippen LogP contribution in [0.15, 0.2) is 36.4 Å². The van der Waals surface area contributed by atoms with Gasteiger partial charge in [-0.2, -0.15) is 0 Å². The summed E-state index contributed by atoms with van der Waals surface area (Å²) in [5.41, 5.74) is 1.43. The molecule has 0 amide bonds. The van der Waals surface area contributed by atoms with Crippen molar-refractivity contribution in [2.75, 3.05) is 12.0 Å². The fourth-order valence-corrected chi connectivity index (χ4v) is 3.41. The van der Waals surface area contributed by atoms with E-state index < -0.39 is 0 Å². The number of hydrogen-bond acceptors (Lipinski definition) is 0. The Morgan fingerprint density at radius 1 is 1.17 bits per heavy atom. The minimum absolute atomic E-state index is 0.156. The first-order chi connectivity index (χ1) is 5.88. The van der Waals surface area contributed by atoms with E-state index in [1.165, 1.54) is 17.7 Å². The number of rotatable bonds is 1. The molecule has 0 radical (unpaired) electrons. The maximum absolute atomic E-state index is 2.40. The molecule has 0 fully saturated rings. The third-order valence-electron chi connectivity index (χ3n) is 2.28. The predicted octanol–water partition coefficient (Wildman–Crippen LogP) is 3.06. The normalized spacial score (nSPS) is 25.4. The Bertz CT molecular complexity index is 287. The maximum atomic E-state index is 2.40. The van der Waals surface area contributed by atoms with Gasteiger partial charge in [0.1, 0.15) is 0 Å². The van der Waals surface area contributed by atoms with Gasteiger partial charge in [-0.15, -0.1) is 0 Å². The summed E-state index contributed by atoms with van der Waals surface area (Å²) in [6.45, 7) is 0. The first-order valence-electron chi connectivity index (χ1n) is 4.34. The molecule has 12 heavy (non-hydrogen) atoms. The molecule has 1 aromatic rings. The number of hydrogen-bond donors (Lipinski definition) is 1. The second kappa shape index (κ2) is 3.36. The molecule has 0 bridgehead atoms. The molecule has 2 rings (SSSR count). The van der Waals surface area contributed by atoms with E-state index in [4.69, 9.17) is 0 Å². The highest BCUT2D eigenvalue weighted by Gasteiger charge is 2.11. The highest BCUT2D eigenvalue weighted by Crippen LogP contribution is 2.44. The van der Waals surface area contributed by atoms with Gasteiger partial charge in [0, 0.05) is 0 Å². The Morgan fingerprint density at radius 3 is 2.50 bits per heavy atom. The van der Waals surface area contributed by atoms with Crippen LogP contribution >= 0.6 is 10.9 Å². The van der Waals surface area contributed by atoms with Gasteiger partial charge in [-0.05, 0) is 28.9 Å². The van der Waals surface area contributed by atoms with Gasteiger partial charge in [0.15, 0.2) is 0 Å². The third-order valence-corrected chi connectivity index (χ3v) is 4.48. The van der Waals surface area contributed by atoms with E-state index in [1.54, 1.807) is 4.91 Å². The summed E-state index contributed by atoms with van der Waals surface area (Å²) in [7, 11) is 0.156. The molecule has 64 valence electrons. The highest BCUT2D eigenvalue weighted by atomic mass is 32.2. The van der Waals surface area contributed by atoms with Gasteiger partial charge in [-0.25, -0.2) is 10.9 Å². The van der Waals surface area contributed by atoms with Crippen molar-refractivity contribution in [2.24, 2.45) is 0 Å². The van der Waals surface area contributed by atoms with E-state index in [2.05, 4.69) is 42.7 Å². The first-order valence-corrected chi connectivity index (χ1v) is 6.32. The topological polar surface area (TPSA) is 0 Å². The van der Waals surface area contributed by atoms with Crippen molar-refractivity contribution in [1.29, 1.82) is 0 Å². The Balaban J connectivity index is 2.31. The van der Waals surface area contributed by atoms with Gasteiger partial charge >= 0.3 is 0 Å². The lowest BCUT2D eigenvalue weighted by molar-refractivity contribution is 1.27. The van der Waals surface area contributed by atoms with Crippen LogP contribution < -0.4 is 0 Å². The molecule has 0 spiro atoms. The summed E-state index contributed by atoms with van der Waals surface area (Å²) in [4.78, 5) is 1.60. The number of benzene rings is 1. The summed E-state index contributed by atoms with van der Waals surface area (Å²) in [5, 5.41) is 0. The van der Waals surface area contributed by atoms with Crippen molar-refractivity contribution < 1.29 is 0 Å². The molecule has 0 aromatic heterocycles. The third kappa shape index (κ3) is 1.42. The van der Waals surface area contributed by atoms with Crippen LogP contribution in [0.3, 0.4) is 0 Å². The van der Waals surface area contributed by atoms with E-state index in [0.717, 1.165) is 0 Å². The first kappa shape index (κ1) is 7.93. The lowest BCUT2D eigenvalue weighted by Crippen LogP contribution is -1.81. The van der Waals surface area contributed by atoms with Crippen LogP contribution in [-0.2, 0) is 0 Å². The average Bonchev–Trinajstić information content (AvgIpc) is 2.53. The summed E-state index contributed by atoms with van der Waals surface area (Å²) in [6, 6.07) is 10.8. The highest BCUT2D eigenvalue weighted by molar-refractivity contribution is 8.24. The van der Waals surface area contributed by atoms with Crippen molar-refractivity contribution in [3.63, 3.8) is 0 Å². The van der Waals surface area contributed by atoms with Gasteiger partial charge < -0.3 is 0 Å². The molecule has 1 aromatic carbocycles. The van der Waals surface area contributed by atoms with Crippen LogP contribution in [0.5, 0.6) is 0 Å². The van der Waals surface area contributed by atoms with E-state index in [1.807, 2.05) is 0 Å². The standard InChI is InChI=1S/C11H14S/c1-12-9-5-8-11(12)10-6-3-2-4-7-10/h2-4,6-8,12H,5,9H2,1H3. The van der Waals surface area contributed by atoms with Crippen molar-refractivity contribution in [3.05, 3.63) is 42.0 Å². The van der Waals surface area contributed by atoms with Crippen LogP contribution in [0.2, 0.25) is 0 Å². The smallest absolute Gasteiger partial charge is 0.00944 e. The minimum atomic E-state index is 0.156. The van der Waals surface area contributed by atoms with Crippen LogP contribution in [-0.4, -0.2) is 12.0 Å². The molecule has 0 saturated heterocycles. The van der Waals surface area contributed by atoms with Gasteiger partial charge in [0.25, 0.3) is 0 Å². The minimum Gasteiger partial charge on any atom is -0.229 e. The lowest BCUT2D eigenvalue weighted by Gasteiger charge is -2.12. The molecule has 0 N–H and O–H groups in total. The van der Waals surface area contributed by atoms with E-state index in [-0.39, 0.29) is 10.9 Å². The summed E-state index contributed by atoms with van der Waals surface area (Å²) in [6.07, 6.45) is 6.06. The largest absolute Gasteiger partial charge is 0.229 e. The fraction of sp³-hybridized carbons (Fsp3) is 0.273. The molecular formula is C11H14S. The SMILES string of the molecule is C[SH]1CCC=C1c1ccccc1. The van der Waals surface area contributed by atoms with Crippen molar-refractivity contribution in [3.8, 4) is 0 Å². The fourth-order valence-electron chi connectivity index (χ4n) is 1.62. The lowest BCUT2D eigenvalue weighted by atomic mass is 10.2. The molecule has 1 atom stereocenters. The Morgan fingerprint density at radius 2 is 1.92 bits per heavy atom. The van der Waals surface area contributed by atoms with E-state index in [0.29, 0.717) is 0 Å². The molecule has 0 nitrogen and oxygen atoms in total. The summed E-state index contributed by atoms with van der Waals surface area (Å²) >= 11 is 0. The van der Waals surface area contributed by atoms with Crippen molar-refractivity contribution in [1.82, 2.24) is 0 Å². The van der Waals surface area contributed by atoms with Crippen LogP contribution in [0.1, 0.15) is 12.0 Å². The van der Waals surface area contributed by atoms with Crippen molar-refractivity contribution >= 4 is 15.8 Å². The molecule has 1 aliphatic rings. The number of allylic oxidation sites excluding steroid dienone is 1. The average molecular weight is 178 g/mol. The van der Waals surface area contributed by atoms with E-state index in [9.17, 15) is 0 Å². The number of thiol groups is 1. The van der Waals surface area contributed by atoms with Gasteiger partial charge in [0.2, 0.25) is 0 Å². The van der Waals surface area contributed by atoms with Gasteiger partial charge in [-0.1, -0.05) is 36.4 Å². The quantitative estimate of drug-likeness (QED) is 0.628.